The van der Waals surface area contributed by atoms with E-state index in [-0.39, 0.29) is 18.2 Å². The first-order chi connectivity index (χ1) is 11.1. The van der Waals surface area contributed by atoms with E-state index in [4.69, 9.17) is 0 Å². The number of hydrogen-bond donors (Lipinski definition) is 3. The van der Waals surface area contributed by atoms with Crippen molar-refractivity contribution in [1.29, 1.82) is 0 Å². The third-order valence-electron chi connectivity index (χ3n) is 3.54. The van der Waals surface area contributed by atoms with E-state index in [1.165, 1.54) is 6.92 Å². The Morgan fingerprint density at radius 2 is 1.61 bits per heavy atom. The number of rotatable bonds is 4. The molecule has 0 saturated carbocycles. The summed E-state index contributed by atoms with van der Waals surface area (Å²) in [5, 5.41) is 6.60. The van der Waals surface area contributed by atoms with E-state index in [9.17, 15) is 9.59 Å². The molecule has 0 atom stereocenters. The molecule has 0 aliphatic rings. The molecular formula is C18H17N3O2. The lowest BCUT2D eigenvalue weighted by atomic mass is 10.1. The van der Waals surface area contributed by atoms with E-state index in [2.05, 4.69) is 15.6 Å². The van der Waals surface area contributed by atoms with E-state index in [1.807, 2.05) is 36.5 Å². The number of benzene rings is 2. The average Bonchev–Trinajstić information content (AvgIpc) is 2.92. The van der Waals surface area contributed by atoms with Crippen LogP contribution in [0.1, 0.15) is 12.5 Å². The molecule has 23 heavy (non-hydrogen) atoms. The zero-order valence-electron chi connectivity index (χ0n) is 12.7. The Hall–Kier alpha value is -3.08. The first-order valence-electron chi connectivity index (χ1n) is 7.35. The highest BCUT2D eigenvalue weighted by molar-refractivity contribution is 6.00. The number of anilines is 2. The van der Waals surface area contributed by atoms with Gasteiger partial charge in [-0.25, -0.2) is 0 Å². The summed E-state index contributed by atoms with van der Waals surface area (Å²) < 4.78 is 0. The van der Waals surface area contributed by atoms with E-state index >= 15 is 0 Å². The monoisotopic (exact) mass is 307 g/mol. The Morgan fingerprint density at radius 1 is 0.957 bits per heavy atom. The fourth-order valence-corrected chi connectivity index (χ4v) is 2.54. The quantitative estimate of drug-likeness (QED) is 0.692. The molecule has 0 spiro atoms. The Labute approximate surface area is 133 Å². The minimum Gasteiger partial charge on any atom is -0.361 e. The number of para-hydroxylation sites is 3. The van der Waals surface area contributed by atoms with E-state index in [1.54, 1.807) is 18.2 Å². The fourth-order valence-electron chi connectivity index (χ4n) is 2.54. The predicted molar refractivity (Wildman–Crippen MR) is 91.4 cm³/mol. The van der Waals surface area contributed by atoms with E-state index in [0.717, 1.165) is 16.5 Å². The Morgan fingerprint density at radius 3 is 2.35 bits per heavy atom. The van der Waals surface area contributed by atoms with Crippen LogP contribution in [0.15, 0.2) is 54.7 Å². The predicted octanol–water partition coefficient (Wildman–Crippen LogP) is 3.31. The zero-order valence-corrected chi connectivity index (χ0v) is 12.7. The molecule has 0 aliphatic heterocycles. The topological polar surface area (TPSA) is 74.0 Å². The van der Waals surface area contributed by atoms with Gasteiger partial charge in [-0.15, -0.1) is 0 Å². The van der Waals surface area contributed by atoms with Crippen molar-refractivity contribution in [1.82, 2.24) is 4.98 Å². The Bertz CT molecular complexity index is 867. The molecule has 1 aromatic heterocycles. The van der Waals surface area contributed by atoms with Crippen molar-refractivity contribution >= 4 is 34.1 Å². The molecule has 5 heteroatoms. The lowest BCUT2D eigenvalue weighted by molar-refractivity contribution is -0.116. The van der Waals surface area contributed by atoms with Gasteiger partial charge in [0.2, 0.25) is 11.8 Å². The highest BCUT2D eigenvalue weighted by Gasteiger charge is 2.11. The molecule has 3 aromatic rings. The number of aromatic nitrogens is 1. The molecular weight excluding hydrogens is 290 g/mol. The van der Waals surface area contributed by atoms with Gasteiger partial charge in [-0.1, -0.05) is 30.3 Å². The second-order valence-corrected chi connectivity index (χ2v) is 5.31. The largest absolute Gasteiger partial charge is 0.361 e. The molecule has 2 aromatic carbocycles. The van der Waals surface area contributed by atoms with Gasteiger partial charge in [-0.05, 0) is 23.8 Å². The summed E-state index contributed by atoms with van der Waals surface area (Å²) in [6.45, 7) is 1.44. The molecule has 0 fully saturated rings. The summed E-state index contributed by atoms with van der Waals surface area (Å²) >= 11 is 0. The van der Waals surface area contributed by atoms with Crippen LogP contribution in [-0.2, 0) is 16.0 Å². The molecule has 0 unspecified atom stereocenters. The smallest absolute Gasteiger partial charge is 0.228 e. The molecule has 2 amide bonds. The molecule has 5 nitrogen and oxygen atoms in total. The summed E-state index contributed by atoms with van der Waals surface area (Å²) in [6, 6.07) is 15.0. The number of amides is 2. The van der Waals surface area contributed by atoms with Crippen LogP contribution in [0.4, 0.5) is 11.4 Å². The number of hydrogen-bond acceptors (Lipinski definition) is 2. The van der Waals surface area contributed by atoms with Crippen molar-refractivity contribution in [2.45, 2.75) is 13.3 Å². The molecule has 0 aliphatic carbocycles. The first kappa shape index (κ1) is 14.8. The Kier molecular flexibility index (Phi) is 4.10. The molecule has 3 N–H and O–H groups in total. The normalized spacial score (nSPS) is 10.5. The van der Waals surface area contributed by atoms with Crippen LogP contribution >= 0.6 is 0 Å². The minimum atomic E-state index is -0.177. The van der Waals surface area contributed by atoms with Crippen LogP contribution < -0.4 is 10.6 Å². The van der Waals surface area contributed by atoms with Gasteiger partial charge in [0, 0.05) is 24.0 Å². The van der Waals surface area contributed by atoms with Gasteiger partial charge in [0.25, 0.3) is 0 Å². The van der Waals surface area contributed by atoms with Crippen LogP contribution in [0.2, 0.25) is 0 Å². The number of nitrogens with one attached hydrogen (secondary N) is 3. The van der Waals surface area contributed by atoms with E-state index < -0.39 is 0 Å². The standard InChI is InChI=1S/C18H17N3O2/c1-12(22)20-16-8-4-5-9-17(16)21-18(23)10-13-11-19-15-7-3-2-6-14(13)15/h2-9,11,19H,10H2,1H3,(H,20,22)(H,21,23). The molecule has 1 heterocycles. The van der Waals surface area contributed by atoms with Crippen LogP contribution in [0, 0.1) is 0 Å². The maximum Gasteiger partial charge on any atom is 0.228 e. The first-order valence-corrected chi connectivity index (χ1v) is 7.35. The van der Waals surface area contributed by atoms with Gasteiger partial charge in [0.15, 0.2) is 0 Å². The zero-order chi connectivity index (χ0) is 16.2. The lowest BCUT2D eigenvalue weighted by Gasteiger charge is -2.11. The molecule has 0 saturated heterocycles. The summed E-state index contributed by atoms with van der Waals surface area (Å²) in [7, 11) is 0. The van der Waals surface area contributed by atoms with Gasteiger partial charge in [0.1, 0.15) is 0 Å². The molecule has 0 bridgehead atoms. The van der Waals surface area contributed by atoms with Crippen LogP contribution in [0.3, 0.4) is 0 Å². The van der Waals surface area contributed by atoms with Gasteiger partial charge < -0.3 is 15.6 Å². The van der Waals surface area contributed by atoms with Crippen LogP contribution in [0.25, 0.3) is 10.9 Å². The SMILES string of the molecule is CC(=O)Nc1ccccc1NC(=O)Cc1c[nH]c2ccccc12. The number of aromatic amines is 1. The summed E-state index contributed by atoms with van der Waals surface area (Å²) in [6.07, 6.45) is 2.11. The van der Waals surface area contributed by atoms with Crippen molar-refractivity contribution < 1.29 is 9.59 Å². The lowest BCUT2D eigenvalue weighted by Crippen LogP contribution is -2.16. The highest BCUT2D eigenvalue weighted by atomic mass is 16.2. The molecule has 116 valence electrons. The number of fused-ring (bicyclic) bond motifs is 1. The van der Waals surface area contributed by atoms with Gasteiger partial charge in [0.05, 0.1) is 17.8 Å². The average molecular weight is 307 g/mol. The minimum absolute atomic E-state index is 0.132. The fraction of sp³-hybridized carbons (Fsp3) is 0.111. The van der Waals surface area contributed by atoms with Gasteiger partial charge in [-0.3, -0.25) is 9.59 Å². The van der Waals surface area contributed by atoms with E-state index in [0.29, 0.717) is 11.4 Å². The second kappa shape index (κ2) is 6.36. The van der Waals surface area contributed by atoms with Gasteiger partial charge in [-0.2, -0.15) is 0 Å². The van der Waals surface area contributed by atoms with Crippen molar-refractivity contribution in [3.05, 3.63) is 60.3 Å². The summed E-state index contributed by atoms with van der Waals surface area (Å²) in [5.74, 6) is -0.309. The highest BCUT2D eigenvalue weighted by Crippen LogP contribution is 2.22. The van der Waals surface area contributed by atoms with Crippen molar-refractivity contribution in [3.63, 3.8) is 0 Å². The maximum absolute atomic E-state index is 12.3. The van der Waals surface area contributed by atoms with Gasteiger partial charge >= 0.3 is 0 Å². The van der Waals surface area contributed by atoms with Crippen molar-refractivity contribution in [2.75, 3.05) is 10.6 Å². The molecule has 0 radical (unpaired) electrons. The second-order valence-electron chi connectivity index (χ2n) is 5.31. The van der Waals surface area contributed by atoms with Crippen molar-refractivity contribution in [2.24, 2.45) is 0 Å². The third kappa shape index (κ3) is 3.40. The summed E-state index contributed by atoms with van der Waals surface area (Å²) in [5.41, 5.74) is 3.13. The maximum atomic E-state index is 12.3. The van der Waals surface area contributed by atoms with Crippen LogP contribution in [0.5, 0.6) is 0 Å². The third-order valence-corrected chi connectivity index (χ3v) is 3.54. The Balaban J connectivity index is 1.76. The number of carbonyl (C=O) groups excluding carboxylic acids is 2. The van der Waals surface area contributed by atoms with Crippen LogP contribution in [-0.4, -0.2) is 16.8 Å². The summed E-state index contributed by atoms with van der Waals surface area (Å²) in [4.78, 5) is 26.7. The van der Waals surface area contributed by atoms with Crippen molar-refractivity contribution in [3.8, 4) is 0 Å². The number of H-pyrrole nitrogens is 1. The number of carbonyl (C=O) groups is 2. The molecule has 3 rings (SSSR count).